The van der Waals surface area contributed by atoms with Crippen molar-refractivity contribution in [3.05, 3.63) is 56.2 Å². The number of para-hydroxylation sites is 1. The Morgan fingerprint density at radius 1 is 1.36 bits per heavy atom. The second-order valence-electron chi connectivity index (χ2n) is 4.75. The lowest BCUT2D eigenvalue weighted by molar-refractivity contribution is -0.112. The Kier molecular flexibility index (Phi) is 6.17. The van der Waals surface area contributed by atoms with E-state index in [1.165, 1.54) is 37.5 Å². The Morgan fingerprint density at radius 3 is 2.64 bits per heavy atom. The molecule has 128 valence electrons. The Bertz CT molecular complexity index is 907. The number of ether oxygens (including phenoxy) is 1. The van der Waals surface area contributed by atoms with E-state index < -0.39 is 11.7 Å². The summed E-state index contributed by atoms with van der Waals surface area (Å²) < 4.78 is 19.4. The van der Waals surface area contributed by atoms with Crippen molar-refractivity contribution in [1.29, 1.82) is 5.26 Å². The van der Waals surface area contributed by atoms with Gasteiger partial charge in [0.1, 0.15) is 17.5 Å². The van der Waals surface area contributed by atoms with Crippen LogP contribution in [-0.2, 0) is 4.79 Å². The number of aromatic hydroxyl groups is 1. The lowest BCUT2D eigenvalue weighted by Crippen LogP contribution is -2.14. The Hall–Kier alpha value is -2.37. The topological polar surface area (TPSA) is 82.3 Å². The second-order valence-corrected chi connectivity index (χ2v) is 6.33. The number of halogens is 3. The monoisotopic (exact) mass is 468 g/mol. The minimum atomic E-state index is -0.761. The zero-order chi connectivity index (χ0) is 18.6. The van der Waals surface area contributed by atoms with Gasteiger partial charge in [-0.3, -0.25) is 4.79 Å². The van der Waals surface area contributed by atoms with Gasteiger partial charge in [-0.15, -0.1) is 0 Å². The molecule has 1 amide bonds. The zero-order valence-corrected chi connectivity index (χ0v) is 16.0. The predicted molar refractivity (Wildman–Crippen MR) is 98.7 cm³/mol. The van der Waals surface area contributed by atoms with Gasteiger partial charge in [0.05, 0.1) is 17.3 Å². The van der Waals surface area contributed by atoms with E-state index in [9.17, 15) is 19.6 Å². The fourth-order valence-electron chi connectivity index (χ4n) is 1.93. The minimum Gasteiger partial charge on any atom is -0.503 e. The van der Waals surface area contributed by atoms with Gasteiger partial charge in [-0.25, -0.2) is 4.39 Å². The molecule has 0 fully saturated rings. The van der Waals surface area contributed by atoms with Crippen molar-refractivity contribution in [2.45, 2.75) is 0 Å². The number of phenolic OH excluding ortho intramolecular Hbond substituents is 1. The SMILES string of the molecule is COc1cc(/C=C(\C#N)C(=O)Nc2ccccc2F)c(Br)c(Br)c1O. The summed E-state index contributed by atoms with van der Waals surface area (Å²) in [5, 5.41) is 21.5. The molecule has 2 aromatic rings. The van der Waals surface area contributed by atoms with E-state index in [0.717, 1.165) is 0 Å². The van der Waals surface area contributed by atoms with Crippen molar-refractivity contribution in [3.8, 4) is 17.6 Å². The molecule has 0 aliphatic carbocycles. The molecular weight excluding hydrogens is 459 g/mol. The van der Waals surface area contributed by atoms with E-state index in [0.29, 0.717) is 14.5 Å². The zero-order valence-electron chi connectivity index (χ0n) is 12.8. The molecular formula is C17H11Br2FN2O3. The van der Waals surface area contributed by atoms with Gasteiger partial charge in [-0.1, -0.05) is 12.1 Å². The number of nitriles is 1. The number of rotatable bonds is 4. The highest BCUT2D eigenvalue weighted by atomic mass is 79.9. The number of phenols is 1. The first-order chi connectivity index (χ1) is 11.9. The number of benzene rings is 2. The first kappa shape index (κ1) is 19.0. The lowest BCUT2D eigenvalue weighted by atomic mass is 10.1. The largest absolute Gasteiger partial charge is 0.503 e. The van der Waals surface area contributed by atoms with Gasteiger partial charge < -0.3 is 15.2 Å². The van der Waals surface area contributed by atoms with Gasteiger partial charge in [-0.05, 0) is 61.7 Å². The molecule has 0 heterocycles. The van der Waals surface area contributed by atoms with E-state index in [1.807, 2.05) is 0 Å². The summed E-state index contributed by atoms with van der Waals surface area (Å²) in [6, 6.07) is 8.87. The molecule has 0 spiro atoms. The normalized spacial score (nSPS) is 10.9. The molecule has 0 aromatic heterocycles. The molecule has 0 saturated carbocycles. The molecule has 0 aliphatic rings. The number of carbonyl (C=O) groups is 1. The first-order valence-electron chi connectivity index (χ1n) is 6.81. The number of hydrogen-bond acceptors (Lipinski definition) is 4. The number of hydrogen-bond donors (Lipinski definition) is 2. The highest BCUT2D eigenvalue weighted by Crippen LogP contribution is 2.42. The smallest absolute Gasteiger partial charge is 0.266 e. The quantitative estimate of drug-likeness (QED) is 0.506. The van der Waals surface area contributed by atoms with Crippen LogP contribution in [0.25, 0.3) is 6.08 Å². The lowest BCUT2D eigenvalue weighted by Gasteiger charge is -2.10. The summed E-state index contributed by atoms with van der Waals surface area (Å²) in [6.07, 6.45) is 1.30. The third kappa shape index (κ3) is 4.18. The average molecular weight is 470 g/mol. The summed E-state index contributed by atoms with van der Waals surface area (Å²) in [5.74, 6) is -1.33. The maximum Gasteiger partial charge on any atom is 0.266 e. The van der Waals surface area contributed by atoms with E-state index in [2.05, 4.69) is 37.2 Å². The van der Waals surface area contributed by atoms with Crippen molar-refractivity contribution >= 4 is 49.5 Å². The van der Waals surface area contributed by atoms with Crippen molar-refractivity contribution in [2.24, 2.45) is 0 Å². The van der Waals surface area contributed by atoms with Crippen molar-refractivity contribution in [2.75, 3.05) is 12.4 Å². The molecule has 5 nitrogen and oxygen atoms in total. The molecule has 0 saturated heterocycles. The van der Waals surface area contributed by atoms with Gasteiger partial charge >= 0.3 is 0 Å². The number of methoxy groups -OCH3 is 1. The molecule has 25 heavy (non-hydrogen) atoms. The average Bonchev–Trinajstić information content (AvgIpc) is 2.61. The summed E-state index contributed by atoms with van der Waals surface area (Å²) in [4.78, 5) is 12.2. The summed E-state index contributed by atoms with van der Waals surface area (Å²) >= 11 is 6.47. The fourth-order valence-corrected chi connectivity index (χ4v) is 2.77. The third-order valence-corrected chi connectivity index (χ3v) is 5.34. The van der Waals surface area contributed by atoms with Crippen LogP contribution < -0.4 is 10.1 Å². The van der Waals surface area contributed by atoms with Gasteiger partial charge in [-0.2, -0.15) is 5.26 Å². The van der Waals surface area contributed by atoms with Crippen LogP contribution in [0, 0.1) is 17.1 Å². The predicted octanol–water partition coefficient (Wildman–Crippen LogP) is 4.61. The standard InChI is InChI=1S/C17H11Br2FN2O3/c1-25-13-7-9(14(18)15(19)16(13)23)6-10(8-21)17(24)22-12-5-3-2-4-11(12)20/h2-7,23H,1H3,(H,22,24)/b10-6+. The van der Waals surface area contributed by atoms with Crippen LogP contribution in [0.5, 0.6) is 11.5 Å². The van der Waals surface area contributed by atoms with Crippen LogP contribution in [0.4, 0.5) is 10.1 Å². The molecule has 0 aliphatic heterocycles. The molecule has 2 N–H and O–H groups in total. The fraction of sp³-hybridized carbons (Fsp3) is 0.0588. The molecule has 8 heteroatoms. The minimum absolute atomic E-state index is 0.0304. The maximum atomic E-state index is 13.6. The van der Waals surface area contributed by atoms with E-state index in [4.69, 9.17) is 4.74 Å². The van der Waals surface area contributed by atoms with E-state index in [1.54, 1.807) is 12.1 Å². The van der Waals surface area contributed by atoms with Crippen LogP contribution in [-0.4, -0.2) is 18.1 Å². The van der Waals surface area contributed by atoms with Crippen molar-refractivity contribution < 1.29 is 19.0 Å². The second kappa shape index (κ2) is 8.14. The molecule has 0 bridgehead atoms. The first-order valence-corrected chi connectivity index (χ1v) is 8.40. The third-order valence-electron chi connectivity index (χ3n) is 3.18. The van der Waals surface area contributed by atoms with Gasteiger partial charge in [0, 0.05) is 4.47 Å². The van der Waals surface area contributed by atoms with Crippen LogP contribution in [0.3, 0.4) is 0 Å². The van der Waals surface area contributed by atoms with Crippen molar-refractivity contribution in [1.82, 2.24) is 0 Å². The molecule has 2 aromatic carbocycles. The van der Waals surface area contributed by atoms with Crippen molar-refractivity contribution in [3.63, 3.8) is 0 Å². The van der Waals surface area contributed by atoms with E-state index >= 15 is 0 Å². The van der Waals surface area contributed by atoms with Gasteiger partial charge in [0.15, 0.2) is 11.5 Å². The number of nitrogens with one attached hydrogen (secondary N) is 1. The molecule has 2 rings (SSSR count). The summed E-state index contributed by atoms with van der Waals surface area (Å²) in [5.41, 5.74) is 0.141. The Morgan fingerprint density at radius 2 is 2.04 bits per heavy atom. The summed E-state index contributed by atoms with van der Waals surface area (Å²) in [6.45, 7) is 0. The summed E-state index contributed by atoms with van der Waals surface area (Å²) in [7, 11) is 1.37. The highest BCUT2D eigenvalue weighted by molar-refractivity contribution is 9.13. The van der Waals surface area contributed by atoms with Gasteiger partial charge in [0.25, 0.3) is 5.91 Å². The number of carbonyl (C=O) groups excluding carboxylic acids is 1. The van der Waals surface area contributed by atoms with Crippen LogP contribution in [0.15, 0.2) is 44.9 Å². The molecule has 0 radical (unpaired) electrons. The number of nitrogens with zero attached hydrogens (tertiary/aromatic N) is 1. The Labute approximate surface area is 160 Å². The Balaban J connectivity index is 2.41. The van der Waals surface area contributed by atoms with Crippen LogP contribution in [0.1, 0.15) is 5.56 Å². The highest BCUT2D eigenvalue weighted by Gasteiger charge is 2.17. The van der Waals surface area contributed by atoms with Gasteiger partial charge in [0.2, 0.25) is 0 Å². The number of anilines is 1. The molecule has 0 unspecified atom stereocenters. The maximum absolute atomic E-state index is 13.6. The van der Waals surface area contributed by atoms with Crippen LogP contribution in [0.2, 0.25) is 0 Å². The molecule has 0 atom stereocenters. The van der Waals surface area contributed by atoms with Crippen LogP contribution >= 0.6 is 31.9 Å². The van der Waals surface area contributed by atoms with E-state index in [-0.39, 0.29) is 22.8 Å². The number of amides is 1.